The molecule has 1 aromatic heterocycles. The minimum atomic E-state index is 0.245. The monoisotopic (exact) mass is 413 g/mol. The molecule has 2 heterocycles. The fourth-order valence-corrected chi connectivity index (χ4v) is 4.91. The number of nitrogens with one attached hydrogen (secondary N) is 2. The first kappa shape index (κ1) is 20.5. The number of pyridine rings is 1. The van der Waals surface area contributed by atoms with Crippen molar-refractivity contribution in [2.45, 2.75) is 65.0 Å². The third-order valence-electron chi connectivity index (χ3n) is 6.23. The molecule has 29 heavy (non-hydrogen) atoms. The molecule has 0 amide bonds. The summed E-state index contributed by atoms with van der Waals surface area (Å²) >= 11 is 6.58. The van der Waals surface area contributed by atoms with Gasteiger partial charge in [-0.05, 0) is 80.3 Å². The van der Waals surface area contributed by atoms with Crippen LogP contribution < -0.4 is 15.4 Å². The van der Waals surface area contributed by atoms with E-state index < -0.39 is 0 Å². The summed E-state index contributed by atoms with van der Waals surface area (Å²) in [6.45, 7) is 7.33. The SMILES string of the molecule is CC1(C)CCCC(Oc2ncccc2CNc2c(Cl)ccc3c2CCNCC3)C1. The van der Waals surface area contributed by atoms with E-state index in [0.717, 1.165) is 60.9 Å². The molecule has 5 heteroatoms. The first-order valence-corrected chi connectivity index (χ1v) is 11.2. The van der Waals surface area contributed by atoms with Gasteiger partial charge >= 0.3 is 0 Å². The number of nitrogens with zero attached hydrogens (tertiary/aromatic N) is 1. The van der Waals surface area contributed by atoms with Crippen molar-refractivity contribution in [2.24, 2.45) is 5.41 Å². The van der Waals surface area contributed by atoms with E-state index in [1.165, 1.54) is 24.0 Å². The van der Waals surface area contributed by atoms with Crippen LogP contribution in [0.15, 0.2) is 30.5 Å². The molecule has 0 bridgehead atoms. The summed E-state index contributed by atoms with van der Waals surface area (Å²) in [5, 5.41) is 7.86. The predicted octanol–water partition coefficient (Wildman–Crippen LogP) is 5.38. The van der Waals surface area contributed by atoms with Crippen LogP contribution >= 0.6 is 11.6 Å². The summed E-state index contributed by atoms with van der Waals surface area (Å²) in [5.74, 6) is 0.752. The van der Waals surface area contributed by atoms with Gasteiger partial charge in [-0.2, -0.15) is 0 Å². The fraction of sp³-hybridized carbons (Fsp3) is 0.542. The van der Waals surface area contributed by atoms with Crippen LogP contribution in [0.25, 0.3) is 0 Å². The molecule has 0 saturated heterocycles. The molecule has 156 valence electrons. The van der Waals surface area contributed by atoms with Crippen molar-refractivity contribution in [3.05, 3.63) is 52.2 Å². The summed E-state index contributed by atoms with van der Waals surface area (Å²) < 4.78 is 6.38. The minimum absolute atomic E-state index is 0.245. The van der Waals surface area contributed by atoms with E-state index in [1.54, 1.807) is 0 Å². The number of ether oxygens (including phenoxy) is 1. The van der Waals surface area contributed by atoms with Gasteiger partial charge in [0.2, 0.25) is 5.88 Å². The minimum Gasteiger partial charge on any atom is -0.474 e. The maximum Gasteiger partial charge on any atom is 0.218 e. The Morgan fingerprint density at radius 3 is 2.97 bits per heavy atom. The van der Waals surface area contributed by atoms with Crippen LogP contribution in [0.5, 0.6) is 5.88 Å². The van der Waals surface area contributed by atoms with Crippen molar-refractivity contribution in [1.29, 1.82) is 0 Å². The Kier molecular flexibility index (Phi) is 6.31. The molecular formula is C24H32ClN3O. The summed E-state index contributed by atoms with van der Waals surface area (Å²) in [5.41, 5.74) is 5.20. The summed E-state index contributed by atoms with van der Waals surface area (Å²) in [7, 11) is 0. The van der Waals surface area contributed by atoms with E-state index in [1.807, 2.05) is 18.3 Å². The average molecular weight is 414 g/mol. The van der Waals surface area contributed by atoms with E-state index in [-0.39, 0.29) is 6.10 Å². The van der Waals surface area contributed by atoms with E-state index in [4.69, 9.17) is 16.3 Å². The number of hydrogen-bond acceptors (Lipinski definition) is 4. The maximum absolute atomic E-state index is 6.58. The largest absolute Gasteiger partial charge is 0.474 e. The van der Waals surface area contributed by atoms with Gasteiger partial charge in [0, 0.05) is 18.3 Å². The van der Waals surface area contributed by atoms with Gasteiger partial charge in [-0.1, -0.05) is 37.6 Å². The van der Waals surface area contributed by atoms with Gasteiger partial charge in [0.25, 0.3) is 0 Å². The zero-order valence-electron chi connectivity index (χ0n) is 17.6. The third kappa shape index (κ3) is 5.04. The van der Waals surface area contributed by atoms with E-state index in [9.17, 15) is 0 Å². The number of fused-ring (bicyclic) bond motifs is 1. The van der Waals surface area contributed by atoms with Gasteiger partial charge in [0.1, 0.15) is 6.10 Å². The predicted molar refractivity (Wildman–Crippen MR) is 120 cm³/mol. The molecule has 1 unspecified atom stereocenters. The van der Waals surface area contributed by atoms with Crippen molar-refractivity contribution in [3.63, 3.8) is 0 Å². The maximum atomic E-state index is 6.58. The van der Waals surface area contributed by atoms with E-state index >= 15 is 0 Å². The fourth-order valence-electron chi connectivity index (χ4n) is 4.67. The quantitative estimate of drug-likeness (QED) is 0.690. The number of anilines is 1. The van der Waals surface area contributed by atoms with Gasteiger partial charge in [0.15, 0.2) is 0 Å². The van der Waals surface area contributed by atoms with Crippen LogP contribution in [0.3, 0.4) is 0 Å². The van der Waals surface area contributed by atoms with Crippen LogP contribution in [-0.4, -0.2) is 24.2 Å². The van der Waals surface area contributed by atoms with Gasteiger partial charge in [-0.15, -0.1) is 0 Å². The van der Waals surface area contributed by atoms with Crippen molar-refractivity contribution >= 4 is 17.3 Å². The molecule has 1 aliphatic carbocycles. The van der Waals surface area contributed by atoms with E-state index in [0.29, 0.717) is 12.0 Å². The molecule has 4 rings (SSSR count). The molecule has 0 spiro atoms. The first-order valence-electron chi connectivity index (χ1n) is 10.9. The molecule has 4 nitrogen and oxygen atoms in total. The van der Waals surface area contributed by atoms with Crippen LogP contribution in [-0.2, 0) is 19.4 Å². The molecule has 2 aliphatic rings. The van der Waals surface area contributed by atoms with Crippen molar-refractivity contribution in [3.8, 4) is 5.88 Å². The molecule has 1 aromatic carbocycles. The highest BCUT2D eigenvalue weighted by molar-refractivity contribution is 6.33. The van der Waals surface area contributed by atoms with Crippen molar-refractivity contribution < 1.29 is 4.74 Å². The number of halogens is 1. The molecule has 2 N–H and O–H groups in total. The van der Waals surface area contributed by atoms with Crippen LogP contribution in [0, 0.1) is 5.41 Å². The summed E-state index contributed by atoms with van der Waals surface area (Å²) in [4.78, 5) is 4.55. The van der Waals surface area contributed by atoms with Crippen molar-refractivity contribution in [1.82, 2.24) is 10.3 Å². The van der Waals surface area contributed by atoms with E-state index in [2.05, 4.69) is 41.6 Å². The number of hydrogen-bond donors (Lipinski definition) is 2. The molecular weight excluding hydrogens is 382 g/mol. The molecule has 1 saturated carbocycles. The lowest BCUT2D eigenvalue weighted by atomic mass is 9.76. The molecule has 0 radical (unpaired) electrons. The molecule has 1 atom stereocenters. The summed E-state index contributed by atoms with van der Waals surface area (Å²) in [6, 6.07) is 8.25. The molecule has 2 aromatic rings. The highest BCUT2D eigenvalue weighted by Crippen LogP contribution is 2.37. The second-order valence-corrected chi connectivity index (χ2v) is 9.54. The lowest BCUT2D eigenvalue weighted by Crippen LogP contribution is -2.30. The second kappa shape index (κ2) is 8.93. The smallest absolute Gasteiger partial charge is 0.218 e. The van der Waals surface area contributed by atoms with Crippen LogP contribution in [0.4, 0.5) is 5.69 Å². The molecule has 1 fully saturated rings. The van der Waals surface area contributed by atoms with Gasteiger partial charge in [0.05, 0.1) is 10.7 Å². The summed E-state index contributed by atoms with van der Waals surface area (Å²) in [6.07, 6.45) is 8.79. The first-order chi connectivity index (χ1) is 14.0. The van der Waals surface area contributed by atoms with Crippen LogP contribution in [0.1, 0.15) is 56.2 Å². The Morgan fingerprint density at radius 2 is 2.10 bits per heavy atom. The number of aromatic nitrogens is 1. The Labute approximate surface area is 179 Å². The zero-order chi connectivity index (χ0) is 20.3. The van der Waals surface area contributed by atoms with Gasteiger partial charge in [-0.25, -0.2) is 4.98 Å². The Balaban J connectivity index is 1.50. The van der Waals surface area contributed by atoms with Crippen molar-refractivity contribution in [2.75, 3.05) is 18.4 Å². The lowest BCUT2D eigenvalue weighted by Gasteiger charge is -2.35. The topological polar surface area (TPSA) is 46.2 Å². The number of rotatable bonds is 5. The lowest BCUT2D eigenvalue weighted by molar-refractivity contribution is 0.0806. The highest BCUT2D eigenvalue weighted by atomic mass is 35.5. The Bertz CT molecular complexity index is 852. The van der Waals surface area contributed by atoms with Crippen LogP contribution in [0.2, 0.25) is 5.02 Å². The zero-order valence-corrected chi connectivity index (χ0v) is 18.3. The average Bonchev–Trinajstić information content (AvgIpc) is 2.93. The highest BCUT2D eigenvalue weighted by Gasteiger charge is 2.29. The Hall–Kier alpha value is -1.78. The number of benzene rings is 1. The normalized spacial score (nSPS) is 21.1. The molecule has 1 aliphatic heterocycles. The second-order valence-electron chi connectivity index (χ2n) is 9.13. The third-order valence-corrected chi connectivity index (χ3v) is 6.54. The Morgan fingerprint density at radius 1 is 1.24 bits per heavy atom. The van der Waals surface area contributed by atoms with Gasteiger partial charge in [-0.3, -0.25) is 0 Å². The van der Waals surface area contributed by atoms with Gasteiger partial charge < -0.3 is 15.4 Å². The standard InChI is InChI=1S/C24H32ClN3O/c1-24(2)11-3-6-19(15-24)29-23-18(5-4-12-27-23)16-28-22-20-10-14-26-13-9-17(20)7-8-21(22)25/h4-5,7-8,12,19,26,28H,3,6,9-11,13-16H2,1-2H3.